The summed E-state index contributed by atoms with van der Waals surface area (Å²) >= 11 is 3.67. The molecule has 0 N–H and O–H groups in total. The predicted octanol–water partition coefficient (Wildman–Crippen LogP) is 5.18. The van der Waals surface area contributed by atoms with Crippen molar-refractivity contribution in [2.45, 2.75) is 38.7 Å². The zero-order chi connectivity index (χ0) is 14.8. The molecular formula is C19H21BrO. The Morgan fingerprint density at radius 2 is 1.81 bits per heavy atom. The van der Waals surface area contributed by atoms with Gasteiger partial charge in [0, 0.05) is 11.8 Å². The van der Waals surface area contributed by atoms with Gasteiger partial charge in [-0.15, -0.1) is 0 Å². The van der Waals surface area contributed by atoms with E-state index in [1.165, 1.54) is 22.3 Å². The molecule has 1 aliphatic heterocycles. The van der Waals surface area contributed by atoms with Crippen LogP contribution in [0.1, 0.15) is 34.6 Å². The molecule has 3 rings (SSSR count). The number of rotatable bonds is 4. The largest absolute Gasteiger partial charge is 0.490 e. The number of hydrogen-bond donors (Lipinski definition) is 0. The van der Waals surface area contributed by atoms with Crippen molar-refractivity contribution in [2.75, 3.05) is 5.33 Å². The van der Waals surface area contributed by atoms with Crippen LogP contribution in [-0.4, -0.2) is 11.4 Å². The van der Waals surface area contributed by atoms with Crippen molar-refractivity contribution in [1.29, 1.82) is 0 Å². The summed E-state index contributed by atoms with van der Waals surface area (Å²) in [7, 11) is 0. The summed E-state index contributed by atoms with van der Waals surface area (Å²) in [5.41, 5.74) is 5.38. The van der Waals surface area contributed by atoms with E-state index in [0.29, 0.717) is 12.0 Å². The van der Waals surface area contributed by atoms with E-state index in [1.807, 2.05) is 0 Å². The standard InChI is InChI=1S/C19H21BrO/c1-13-3-6-15(7-4-13)17(12-20)11-18-10-16-9-14(2)5-8-19(16)21-18/h3-9,17-18H,10-12H2,1-2H3. The zero-order valence-electron chi connectivity index (χ0n) is 12.6. The van der Waals surface area contributed by atoms with Crippen LogP contribution in [0.3, 0.4) is 0 Å². The number of ether oxygens (including phenoxy) is 1. The van der Waals surface area contributed by atoms with Crippen LogP contribution in [0.4, 0.5) is 0 Å². The minimum absolute atomic E-state index is 0.297. The van der Waals surface area contributed by atoms with Gasteiger partial charge in [0.05, 0.1) is 0 Å². The Hall–Kier alpha value is -1.28. The second kappa shape index (κ2) is 6.23. The van der Waals surface area contributed by atoms with Crippen LogP contribution in [0.25, 0.3) is 0 Å². The lowest BCUT2D eigenvalue weighted by Crippen LogP contribution is -2.18. The van der Waals surface area contributed by atoms with Crippen LogP contribution in [0, 0.1) is 13.8 Å². The number of aryl methyl sites for hydroxylation is 2. The topological polar surface area (TPSA) is 9.23 Å². The van der Waals surface area contributed by atoms with Crippen molar-refractivity contribution in [2.24, 2.45) is 0 Å². The van der Waals surface area contributed by atoms with Gasteiger partial charge in [-0.05, 0) is 43.4 Å². The van der Waals surface area contributed by atoms with Crippen LogP contribution in [0.2, 0.25) is 0 Å². The first kappa shape index (κ1) is 14.6. The molecule has 0 bridgehead atoms. The quantitative estimate of drug-likeness (QED) is 0.694. The maximum atomic E-state index is 6.12. The summed E-state index contributed by atoms with van der Waals surface area (Å²) in [5, 5.41) is 0.977. The third-order valence-corrected chi connectivity index (χ3v) is 5.02. The van der Waals surface area contributed by atoms with Gasteiger partial charge in [-0.1, -0.05) is 63.5 Å². The van der Waals surface area contributed by atoms with E-state index in [2.05, 4.69) is 72.2 Å². The zero-order valence-corrected chi connectivity index (χ0v) is 14.2. The van der Waals surface area contributed by atoms with Gasteiger partial charge in [0.1, 0.15) is 11.9 Å². The Balaban J connectivity index is 1.70. The van der Waals surface area contributed by atoms with Crippen molar-refractivity contribution in [3.8, 4) is 5.75 Å². The van der Waals surface area contributed by atoms with E-state index in [0.717, 1.165) is 23.9 Å². The fourth-order valence-electron chi connectivity index (χ4n) is 3.02. The highest BCUT2D eigenvalue weighted by molar-refractivity contribution is 9.09. The lowest BCUT2D eigenvalue weighted by atomic mass is 9.92. The molecule has 110 valence electrons. The van der Waals surface area contributed by atoms with Crippen molar-refractivity contribution >= 4 is 15.9 Å². The van der Waals surface area contributed by atoms with Crippen molar-refractivity contribution in [3.63, 3.8) is 0 Å². The molecule has 0 aliphatic carbocycles. The normalized spacial score (nSPS) is 18.1. The Bertz CT molecular complexity index is 618. The molecule has 2 aromatic rings. The molecule has 2 aromatic carbocycles. The molecule has 1 heterocycles. The summed E-state index contributed by atoms with van der Waals surface area (Å²) in [6, 6.07) is 15.4. The lowest BCUT2D eigenvalue weighted by molar-refractivity contribution is 0.213. The fraction of sp³-hybridized carbons (Fsp3) is 0.368. The van der Waals surface area contributed by atoms with Gasteiger partial charge in [0.15, 0.2) is 0 Å². The highest BCUT2D eigenvalue weighted by Gasteiger charge is 2.26. The van der Waals surface area contributed by atoms with E-state index < -0.39 is 0 Å². The SMILES string of the molecule is Cc1ccc(C(CBr)CC2Cc3cc(C)ccc3O2)cc1. The molecular weight excluding hydrogens is 324 g/mol. The van der Waals surface area contributed by atoms with Crippen LogP contribution in [0.5, 0.6) is 5.75 Å². The Labute approximate surface area is 135 Å². The molecule has 2 unspecified atom stereocenters. The minimum Gasteiger partial charge on any atom is -0.490 e. The first-order valence-electron chi connectivity index (χ1n) is 7.54. The van der Waals surface area contributed by atoms with Gasteiger partial charge < -0.3 is 4.74 Å². The monoisotopic (exact) mass is 344 g/mol. The van der Waals surface area contributed by atoms with E-state index >= 15 is 0 Å². The molecule has 0 saturated carbocycles. The van der Waals surface area contributed by atoms with E-state index in [9.17, 15) is 0 Å². The van der Waals surface area contributed by atoms with E-state index in [4.69, 9.17) is 4.74 Å². The molecule has 2 atom stereocenters. The van der Waals surface area contributed by atoms with Gasteiger partial charge >= 0.3 is 0 Å². The molecule has 0 amide bonds. The molecule has 1 aliphatic rings. The number of benzene rings is 2. The highest BCUT2D eigenvalue weighted by atomic mass is 79.9. The van der Waals surface area contributed by atoms with E-state index in [1.54, 1.807) is 0 Å². The Morgan fingerprint density at radius 3 is 2.52 bits per heavy atom. The van der Waals surface area contributed by atoms with Gasteiger partial charge in [-0.2, -0.15) is 0 Å². The molecule has 0 saturated heterocycles. The fourth-order valence-corrected chi connectivity index (χ4v) is 3.66. The van der Waals surface area contributed by atoms with Crippen LogP contribution < -0.4 is 4.74 Å². The lowest BCUT2D eigenvalue weighted by Gasteiger charge is -2.19. The Morgan fingerprint density at radius 1 is 1.10 bits per heavy atom. The summed E-state index contributed by atoms with van der Waals surface area (Å²) in [5.74, 6) is 1.58. The van der Waals surface area contributed by atoms with Crippen molar-refractivity contribution in [1.82, 2.24) is 0 Å². The van der Waals surface area contributed by atoms with Crippen molar-refractivity contribution in [3.05, 3.63) is 64.7 Å². The third kappa shape index (κ3) is 3.32. The smallest absolute Gasteiger partial charge is 0.123 e. The molecule has 0 fully saturated rings. The molecule has 2 heteroatoms. The van der Waals surface area contributed by atoms with Crippen LogP contribution >= 0.6 is 15.9 Å². The number of hydrogen-bond acceptors (Lipinski definition) is 1. The Kier molecular flexibility index (Phi) is 4.34. The van der Waals surface area contributed by atoms with E-state index in [-0.39, 0.29) is 0 Å². The maximum absolute atomic E-state index is 6.12. The summed E-state index contributed by atoms with van der Waals surface area (Å²) in [6.07, 6.45) is 2.39. The number of alkyl halides is 1. The minimum atomic E-state index is 0.297. The molecule has 0 aromatic heterocycles. The molecule has 0 spiro atoms. The average molecular weight is 345 g/mol. The first-order chi connectivity index (χ1) is 10.2. The third-order valence-electron chi connectivity index (χ3n) is 4.24. The maximum Gasteiger partial charge on any atom is 0.123 e. The predicted molar refractivity (Wildman–Crippen MR) is 91.6 cm³/mol. The van der Waals surface area contributed by atoms with Crippen molar-refractivity contribution < 1.29 is 4.74 Å². The second-order valence-corrected chi connectivity index (χ2v) is 6.70. The summed E-state index contributed by atoms with van der Waals surface area (Å²) in [6.45, 7) is 4.27. The summed E-state index contributed by atoms with van der Waals surface area (Å²) in [4.78, 5) is 0. The van der Waals surface area contributed by atoms with Crippen LogP contribution in [0.15, 0.2) is 42.5 Å². The van der Waals surface area contributed by atoms with Gasteiger partial charge in [0.2, 0.25) is 0 Å². The average Bonchev–Trinajstić information content (AvgIpc) is 2.87. The molecule has 0 radical (unpaired) electrons. The van der Waals surface area contributed by atoms with Crippen LogP contribution in [-0.2, 0) is 6.42 Å². The summed E-state index contributed by atoms with van der Waals surface area (Å²) < 4.78 is 6.12. The molecule has 1 nitrogen and oxygen atoms in total. The number of halogens is 1. The van der Waals surface area contributed by atoms with Gasteiger partial charge in [0.25, 0.3) is 0 Å². The first-order valence-corrected chi connectivity index (χ1v) is 8.66. The van der Waals surface area contributed by atoms with Gasteiger partial charge in [-0.25, -0.2) is 0 Å². The highest BCUT2D eigenvalue weighted by Crippen LogP contribution is 2.34. The number of fused-ring (bicyclic) bond motifs is 1. The van der Waals surface area contributed by atoms with Gasteiger partial charge in [-0.3, -0.25) is 0 Å². The second-order valence-electron chi connectivity index (χ2n) is 6.05. The molecule has 21 heavy (non-hydrogen) atoms.